The number of nitrogens with zero attached hydrogens (tertiary/aromatic N) is 1. The smallest absolute Gasteiger partial charge is 0.118 e. The van der Waals surface area contributed by atoms with E-state index in [1.54, 1.807) is 7.11 Å². The van der Waals surface area contributed by atoms with Crippen molar-refractivity contribution < 1.29 is 9.47 Å². The highest BCUT2D eigenvalue weighted by Gasteiger charge is 2.00. The zero-order valence-electron chi connectivity index (χ0n) is 11.2. The van der Waals surface area contributed by atoms with Gasteiger partial charge < -0.3 is 14.4 Å². The highest BCUT2D eigenvalue weighted by molar-refractivity contribution is 6.17. The molecule has 0 saturated heterocycles. The number of rotatable bonds is 9. The number of methoxy groups -OCH3 is 1. The number of likely N-dealkylation sites (N-methyl/N-ethyl adjacent to an activating group) is 1. The molecule has 1 rings (SSSR count). The Hall–Kier alpha value is -0.770. The zero-order valence-corrected chi connectivity index (χ0v) is 11.9. The number of halogens is 1. The number of ether oxygens (including phenoxy) is 2. The lowest BCUT2D eigenvalue weighted by atomic mass is 10.1. The zero-order chi connectivity index (χ0) is 13.2. The van der Waals surface area contributed by atoms with Crippen LogP contribution in [0.2, 0.25) is 0 Å². The lowest BCUT2D eigenvalue weighted by Gasteiger charge is -2.16. The summed E-state index contributed by atoms with van der Waals surface area (Å²) >= 11 is 5.53. The average Bonchev–Trinajstić information content (AvgIpc) is 2.42. The summed E-state index contributed by atoms with van der Waals surface area (Å²) in [5.41, 5.74) is 1.32. The molecule has 4 heteroatoms. The van der Waals surface area contributed by atoms with Gasteiger partial charge in [0, 0.05) is 19.0 Å². The summed E-state index contributed by atoms with van der Waals surface area (Å²) in [7, 11) is 3.79. The van der Waals surface area contributed by atoms with Gasteiger partial charge in [-0.2, -0.15) is 0 Å². The van der Waals surface area contributed by atoms with E-state index in [0.717, 1.165) is 31.9 Å². The van der Waals surface area contributed by atoms with Gasteiger partial charge in [0.25, 0.3) is 0 Å². The Balaban J connectivity index is 2.18. The van der Waals surface area contributed by atoms with Crippen LogP contribution in [0.1, 0.15) is 5.56 Å². The molecule has 0 saturated carbocycles. The molecular formula is C14H22ClNO2. The summed E-state index contributed by atoms with van der Waals surface area (Å²) in [4.78, 5) is 2.26. The summed E-state index contributed by atoms with van der Waals surface area (Å²) < 4.78 is 10.5. The second-order valence-corrected chi connectivity index (χ2v) is 4.58. The minimum Gasteiger partial charge on any atom is -0.497 e. The molecule has 18 heavy (non-hydrogen) atoms. The second-order valence-electron chi connectivity index (χ2n) is 4.20. The van der Waals surface area contributed by atoms with E-state index in [2.05, 4.69) is 24.1 Å². The molecular weight excluding hydrogens is 250 g/mol. The highest BCUT2D eigenvalue weighted by Crippen LogP contribution is 2.11. The van der Waals surface area contributed by atoms with Crippen molar-refractivity contribution in [2.75, 3.05) is 46.3 Å². The number of benzene rings is 1. The molecule has 0 aliphatic heterocycles. The third-order valence-electron chi connectivity index (χ3n) is 2.78. The molecule has 0 bridgehead atoms. The van der Waals surface area contributed by atoms with E-state index in [1.807, 2.05) is 12.1 Å². The van der Waals surface area contributed by atoms with Crippen LogP contribution in [0, 0.1) is 0 Å². The molecule has 0 amide bonds. The monoisotopic (exact) mass is 271 g/mol. The fourth-order valence-electron chi connectivity index (χ4n) is 1.60. The van der Waals surface area contributed by atoms with Crippen molar-refractivity contribution in [2.45, 2.75) is 6.42 Å². The molecule has 0 N–H and O–H groups in total. The van der Waals surface area contributed by atoms with Gasteiger partial charge in [-0.05, 0) is 31.2 Å². The van der Waals surface area contributed by atoms with Gasteiger partial charge in [0.15, 0.2) is 0 Å². The Morgan fingerprint density at radius 1 is 1.11 bits per heavy atom. The van der Waals surface area contributed by atoms with Crippen molar-refractivity contribution in [2.24, 2.45) is 0 Å². The minimum atomic E-state index is 0.565. The van der Waals surface area contributed by atoms with Gasteiger partial charge in [0.2, 0.25) is 0 Å². The molecule has 0 aliphatic rings. The van der Waals surface area contributed by atoms with Crippen LogP contribution >= 0.6 is 11.6 Å². The topological polar surface area (TPSA) is 21.7 Å². The third kappa shape index (κ3) is 6.24. The van der Waals surface area contributed by atoms with E-state index in [4.69, 9.17) is 21.1 Å². The maximum absolute atomic E-state index is 5.53. The largest absolute Gasteiger partial charge is 0.497 e. The highest BCUT2D eigenvalue weighted by atomic mass is 35.5. The van der Waals surface area contributed by atoms with Crippen LogP contribution in [-0.2, 0) is 11.2 Å². The fourth-order valence-corrected chi connectivity index (χ4v) is 1.71. The van der Waals surface area contributed by atoms with Gasteiger partial charge in [-0.3, -0.25) is 0 Å². The molecule has 0 unspecified atom stereocenters. The van der Waals surface area contributed by atoms with Crippen LogP contribution in [0.15, 0.2) is 24.3 Å². The first-order valence-corrected chi connectivity index (χ1v) is 6.75. The normalized spacial score (nSPS) is 10.9. The van der Waals surface area contributed by atoms with Gasteiger partial charge >= 0.3 is 0 Å². The van der Waals surface area contributed by atoms with Gasteiger partial charge in [0.1, 0.15) is 5.75 Å². The molecule has 0 aliphatic carbocycles. The quantitative estimate of drug-likeness (QED) is 0.509. The molecule has 1 aromatic rings. The summed E-state index contributed by atoms with van der Waals surface area (Å²) in [5, 5.41) is 0. The number of hydrogen-bond donors (Lipinski definition) is 0. The molecule has 0 atom stereocenters. The van der Waals surface area contributed by atoms with Crippen LogP contribution in [0.4, 0.5) is 0 Å². The average molecular weight is 272 g/mol. The van der Waals surface area contributed by atoms with E-state index in [1.165, 1.54) is 5.56 Å². The Labute approximate surface area is 115 Å². The summed E-state index contributed by atoms with van der Waals surface area (Å²) in [5.74, 6) is 1.47. The number of hydrogen-bond acceptors (Lipinski definition) is 3. The van der Waals surface area contributed by atoms with Crippen molar-refractivity contribution in [3.8, 4) is 5.75 Å². The fraction of sp³-hybridized carbons (Fsp3) is 0.571. The molecule has 102 valence electrons. The van der Waals surface area contributed by atoms with Crippen LogP contribution in [0.3, 0.4) is 0 Å². The predicted molar refractivity (Wildman–Crippen MR) is 75.7 cm³/mol. The summed E-state index contributed by atoms with van der Waals surface area (Å²) in [6.07, 6.45) is 1.04. The first kappa shape index (κ1) is 15.3. The van der Waals surface area contributed by atoms with Crippen LogP contribution in [0.25, 0.3) is 0 Å². The van der Waals surface area contributed by atoms with E-state index in [0.29, 0.717) is 12.5 Å². The second kappa shape index (κ2) is 9.20. The minimum absolute atomic E-state index is 0.565. The molecule has 0 heterocycles. The van der Waals surface area contributed by atoms with Crippen molar-refractivity contribution in [1.82, 2.24) is 4.90 Å². The van der Waals surface area contributed by atoms with Crippen molar-refractivity contribution in [3.05, 3.63) is 29.8 Å². The SMILES string of the molecule is COc1ccc(CCN(C)CCOCCCl)cc1. The third-order valence-corrected chi connectivity index (χ3v) is 2.93. The standard InChI is InChI=1S/C14H22ClNO2/c1-16(10-12-18-11-8-15)9-7-13-3-5-14(17-2)6-4-13/h3-6H,7-12H2,1-2H3. The maximum Gasteiger partial charge on any atom is 0.118 e. The lowest BCUT2D eigenvalue weighted by molar-refractivity contribution is 0.124. The first-order chi connectivity index (χ1) is 8.76. The van der Waals surface area contributed by atoms with Gasteiger partial charge in [-0.1, -0.05) is 12.1 Å². The van der Waals surface area contributed by atoms with Gasteiger partial charge in [-0.25, -0.2) is 0 Å². The van der Waals surface area contributed by atoms with Crippen LogP contribution < -0.4 is 4.74 Å². The number of alkyl halides is 1. The Bertz CT molecular complexity index is 316. The molecule has 0 fully saturated rings. The Morgan fingerprint density at radius 3 is 2.44 bits per heavy atom. The molecule has 1 aromatic carbocycles. The Kier molecular flexibility index (Phi) is 7.81. The van der Waals surface area contributed by atoms with Crippen molar-refractivity contribution in [3.63, 3.8) is 0 Å². The van der Waals surface area contributed by atoms with Gasteiger partial charge in [-0.15, -0.1) is 11.6 Å². The van der Waals surface area contributed by atoms with Crippen LogP contribution in [-0.4, -0.2) is 51.2 Å². The molecule has 0 aromatic heterocycles. The maximum atomic E-state index is 5.53. The summed E-state index contributed by atoms with van der Waals surface area (Å²) in [6.45, 7) is 3.34. The molecule has 3 nitrogen and oxygen atoms in total. The van der Waals surface area contributed by atoms with Crippen molar-refractivity contribution in [1.29, 1.82) is 0 Å². The molecule has 0 spiro atoms. The van der Waals surface area contributed by atoms with Crippen molar-refractivity contribution >= 4 is 11.6 Å². The summed E-state index contributed by atoms with van der Waals surface area (Å²) in [6, 6.07) is 8.21. The van der Waals surface area contributed by atoms with E-state index in [-0.39, 0.29) is 0 Å². The first-order valence-electron chi connectivity index (χ1n) is 6.21. The Morgan fingerprint density at radius 2 is 1.83 bits per heavy atom. The van der Waals surface area contributed by atoms with Gasteiger partial charge in [0.05, 0.1) is 20.3 Å². The van der Waals surface area contributed by atoms with E-state index < -0.39 is 0 Å². The lowest BCUT2D eigenvalue weighted by Crippen LogP contribution is -2.25. The molecule has 0 radical (unpaired) electrons. The van der Waals surface area contributed by atoms with E-state index in [9.17, 15) is 0 Å². The van der Waals surface area contributed by atoms with Crippen LogP contribution in [0.5, 0.6) is 5.75 Å². The van der Waals surface area contributed by atoms with E-state index >= 15 is 0 Å². The predicted octanol–water partition coefficient (Wildman–Crippen LogP) is 2.42.